The zero-order chi connectivity index (χ0) is 18.8. The van der Waals surface area contributed by atoms with Crippen molar-refractivity contribution in [2.24, 2.45) is 0 Å². The molecule has 0 aliphatic heterocycles. The Balaban J connectivity index is 1.66. The number of allylic oxidation sites excluding steroid dienone is 4. The summed E-state index contributed by atoms with van der Waals surface area (Å²) in [5, 5.41) is 6.91. The van der Waals surface area contributed by atoms with Gasteiger partial charge in [0.1, 0.15) is 5.56 Å². The molecule has 2 aromatic heterocycles. The molecule has 0 saturated heterocycles. The number of carbonyl (C=O) groups excluding carboxylic acids is 1. The maximum absolute atomic E-state index is 12.7. The molecule has 0 bridgehead atoms. The lowest BCUT2D eigenvalue weighted by atomic mass is 10.1. The minimum atomic E-state index is -2.31. The number of amides is 1. The van der Waals surface area contributed by atoms with Gasteiger partial charge in [-0.1, -0.05) is 36.4 Å². The van der Waals surface area contributed by atoms with E-state index in [1.54, 1.807) is 18.3 Å². The molecular formula is C19H14N4O3S. The molecule has 27 heavy (non-hydrogen) atoms. The molecule has 8 heteroatoms. The molecule has 0 fully saturated rings. The highest BCUT2D eigenvalue weighted by Gasteiger charge is 2.17. The van der Waals surface area contributed by atoms with E-state index in [-0.39, 0.29) is 17.2 Å². The first-order chi connectivity index (χ1) is 13.1. The summed E-state index contributed by atoms with van der Waals surface area (Å²) in [5.74, 6) is -0.389. The fourth-order valence-electron chi connectivity index (χ4n) is 2.79. The average Bonchev–Trinajstić information content (AvgIpc) is 3.12. The fourth-order valence-corrected chi connectivity index (χ4v) is 3.25. The van der Waals surface area contributed by atoms with E-state index >= 15 is 0 Å². The number of nitrogens with one attached hydrogen (secondary N) is 1. The van der Waals surface area contributed by atoms with Gasteiger partial charge in [0.15, 0.2) is 5.65 Å². The molecule has 0 atom stereocenters. The van der Waals surface area contributed by atoms with Gasteiger partial charge >= 0.3 is 0 Å². The Morgan fingerprint density at radius 3 is 2.74 bits per heavy atom. The number of nitrogens with zero attached hydrogens (tertiary/aromatic N) is 3. The third kappa shape index (κ3) is 3.42. The standard InChI is InChI=1S/C19H14N4O3S/c24-19(21-14-7-4-8-15(11-14)27(25)26)16-12-20-23-10-9-17(22-18(16)23)13-5-2-1-3-6-13/h1-10,12H,11H2,(H,21,24). The van der Waals surface area contributed by atoms with E-state index in [0.29, 0.717) is 16.9 Å². The summed E-state index contributed by atoms with van der Waals surface area (Å²) in [6, 6.07) is 11.5. The van der Waals surface area contributed by atoms with Crippen molar-refractivity contribution in [2.75, 3.05) is 0 Å². The second-order valence-corrected chi connectivity index (χ2v) is 6.88. The van der Waals surface area contributed by atoms with E-state index in [1.807, 2.05) is 36.4 Å². The maximum Gasteiger partial charge on any atom is 0.260 e. The van der Waals surface area contributed by atoms with Crippen molar-refractivity contribution in [1.29, 1.82) is 0 Å². The number of aromatic nitrogens is 3. The summed E-state index contributed by atoms with van der Waals surface area (Å²) in [4.78, 5) is 17.5. The number of hydrogen-bond donors (Lipinski definition) is 1. The lowest BCUT2D eigenvalue weighted by Gasteiger charge is -2.10. The Kier molecular flexibility index (Phi) is 4.39. The molecule has 134 valence electrons. The van der Waals surface area contributed by atoms with Crippen LogP contribution in [0, 0.1) is 0 Å². The molecular weight excluding hydrogens is 364 g/mol. The van der Waals surface area contributed by atoms with Crippen LogP contribution in [-0.4, -0.2) is 33.8 Å². The van der Waals surface area contributed by atoms with Gasteiger partial charge in [-0.3, -0.25) is 4.79 Å². The molecule has 2 heterocycles. The number of fused-ring (bicyclic) bond motifs is 1. The molecule has 1 aliphatic rings. The Hall–Kier alpha value is -3.52. The Bertz CT molecular complexity index is 1230. The van der Waals surface area contributed by atoms with E-state index in [9.17, 15) is 13.2 Å². The predicted octanol–water partition coefficient (Wildman–Crippen LogP) is 2.02. The van der Waals surface area contributed by atoms with Crippen molar-refractivity contribution in [3.05, 3.63) is 78.3 Å². The summed E-state index contributed by atoms with van der Waals surface area (Å²) in [6.07, 6.45) is 8.09. The Morgan fingerprint density at radius 2 is 1.96 bits per heavy atom. The minimum Gasteiger partial charge on any atom is -0.325 e. The number of benzene rings is 1. The molecule has 3 aromatic rings. The predicted molar refractivity (Wildman–Crippen MR) is 102 cm³/mol. The molecule has 0 unspecified atom stereocenters. The molecule has 1 N–H and O–H groups in total. The lowest BCUT2D eigenvalue weighted by molar-refractivity contribution is 0.0967. The van der Waals surface area contributed by atoms with Crippen molar-refractivity contribution in [2.45, 2.75) is 6.42 Å². The van der Waals surface area contributed by atoms with E-state index in [0.717, 1.165) is 11.3 Å². The van der Waals surface area contributed by atoms with Crippen molar-refractivity contribution < 1.29 is 13.2 Å². The molecule has 1 aromatic carbocycles. The summed E-state index contributed by atoms with van der Waals surface area (Å²) >= 11 is 0. The summed E-state index contributed by atoms with van der Waals surface area (Å²) in [5.41, 5.74) is 2.91. The van der Waals surface area contributed by atoms with Crippen LogP contribution in [0.1, 0.15) is 16.8 Å². The monoisotopic (exact) mass is 378 g/mol. The van der Waals surface area contributed by atoms with Crippen LogP contribution in [0.25, 0.3) is 16.9 Å². The maximum atomic E-state index is 12.7. The lowest BCUT2D eigenvalue weighted by Crippen LogP contribution is -2.25. The molecule has 4 rings (SSSR count). The molecule has 1 aliphatic carbocycles. The van der Waals surface area contributed by atoms with E-state index in [1.165, 1.54) is 16.8 Å². The van der Waals surface area contributed by atoms with Crippen LogP contribution in [0.15, 0.2) is 72.7 Å². The number of rotatable bonds is 3. The van der Waals surface area contributed by atoms with E-state index in [4.69, 9.17) is 0 Å². The van der Waals surface area contributed by atoms with Gasteiger partial charge in [-0.05, 0) is 18.2 Å². The zero-order valence-corrected chi connectivity index (χ0v) is 14.8. The highest BCUT2D eigenvalue weighted by Crippen LogP contribution is 2.19. The smallest absolute Gasteiger partial charge is 0.260 e. The zero-order valence-electron chi connectivity index (χ0n) is 14.0. The van der Waals surface area contributed by atoms with Crippen LogP contribution in [0.5, 0.6) is 0 Å². The molecule has 0 spiro atoms. The molecule has 1 amide bonds. The molecule has 7 nitrogen and oxygen atoms in total. The second kappa shape index (κ2) is 7.00. The minimum absolute atomic E-state index is 0.139. The third-order valence-corrected chi connectivity index (χ3v) is 4.82. The van der Waals surface area contributed by atoms with Gasteiger partial charge in [-0.15, -0.1) is 0 Å². The summed E-state index contributed by atoms with van der Waals surface area (Å²) in [6.45, 7) is 0. The summed E-state index contributed by atoms with van der Waals surface area (Å²) < 4.78 is 23.7. The topological polar surface area (TPSA) is 93.4 Å². The van der Waals surface area contributed by atoms with Crippen LogP contribution in [0.2, 0.25) is 0 Å². The van der Waals surface area contributed by atoms with Gasteiger partial charge in [0.25, 0.3) is 5.91 Å². The van der Waals surface area contributed by atoms with Gasteiger partial charge in [-0.2, -0.15) is 13.5 Å². The first-order valence-corrected chi connectivity index (χ1v) is 9.23. The van der Waals surface area contributed by atoms with Crippen LogP contribution in [0.3, 0.4) is 0 Å². The first-order valence-electron chi connectivity index (χ1n) is 8.15. The van der Waals surface area contributed by atoms with E-state index in [2.05, 4.69) is 15.4 Å². The van der Waals surface area contributed by atoms with Gasteiger partial charge in [0.05, 0.1) is 16.8 Å². The third-order valence-electron chi connectivity index (χ3n) is 4.12. The van der Waals surface area contributed by atoms with Crippen molar-refractivity contribution in [3.8, 4) is 11.3 Å². The normalized spacial score (nSPS) is 13.5. The first kappa shape index (κ1) is 16.9. The van der Waals surface area contributed by atoms with Crippen molar-refractivity contribution >= 4 is 26.7 Å². The highest BCUT2D eigenvalue weighted by molar-refractivity contribution is 7.73. The average molecular weight is 378 g/mol. The number of hydrogen-bond acceptors (Lipinski definition) is 5. The SMILES string of the molecule is O=C(NC1=CC=CC(=S(=O)=O)C1)c1cnn2ccc(-c3ccccc3)nc12. The second-order valence-electron chi connectivity index (χ2n) is 5.89. The largest absolute Gasteiger partial charge is 0.325 e. The van der Waals surface area contributed by atoms with Crippen LogP contribution in [-0.2, 0) is 10.3 Å². The molecule has 0 saturated carbocycles. The summed E-state index contributed by atoms with van der Waals surface area (Å²) in [7, 11) is -2.31. The van der Waals surface area contributed by atoms with Crippen LogP contribution >= 0.6 is 0 Å². The van der Waals surface area contributed by atoms with Crippen molar-refractivity contribution in [3.63, 3.8) is 0 Å². The highest BCUT2D eigenvalue weighted by atomic mass is 32.2. The Morgan fingerprint density at radius 1 is 1.15 bits per heavy atom. The van der Waals surface area contributed by atoms with Crippen LogP contribution in [0.4, 0.5) is 0 Å². The van der Waals surface area contributed by atoms with Gasteiger partial charge in [0, 0.05) is 23.9 Å². The quantitative estimate of drug-likeness (QED) is 0.704. The molecule has 0 radical (unpaired) electrons. The van der Waals surface area contributed by atoms with Gasteiger partial charge in [-0.25, -0.2) is 9.50 Å². The number of carbonyl (C=O) groups is 1. The van der Waals surface area contributed by atoms with Gasteiger partial charge < -0.3 is 5.32 Å². The Labute approximate surface area is 156 Å². The van der Waals surface area contributed by atoms with Gasteiger partial charge in [0.2, 0.25) is 10.3 Å². The van der Waals surface area contributed by atoms with Crippen molar-refractivity contribution in [1.82, 2.24) is 19.9 Å². The van der Waals surface area contributed by atoms with E-state index < -0.39 is 10.3 Å². The van der Waals surface area contributed by atoms with Crippen LogP contribution < -0.4 is 5.32 Å². The fraction of sp³-hybridized carbons (Fsp3) is 0.0526.